The largest absolute Gasteiger partial charge is 0.477 e. The van der Waals surface area contributed by atoms with Crippen LogP contribution in [0.25, 0.3) is 0 Å². The molecule has 6 heteroatoms. The van der Waals surface area contributed by atoms with E-state index in [1.807, 2.05) is 6.92 Å². The van der Waals surface area contributed by atoms with Gasteiger partial charge in [-0.1, -0.05) is 19.1 Å². The summed E-state index contributed by atoms with van der Waals surface area (Å²) >= 11 is 0. The summed E-state index contributed by atoms with van der Waals surface area (Å²) in [6.07, 6.45) is 0.0265. The van der Waals surface area contributed by atoms with Gasteiger partial charge in [0.1, 0.15) is 11.6 Å². The van der Waals surface area contributed by atoms with Gasteiger partial charge in [0.2, 0.25) is 0 Å². The lowest BCUT2D eigenvalue weighted by molar-refractivity contribution is -0.127. The third-order valence-corrected chi connectivity index (χ3v) is 3.95. The van der Waals surface area contributed by atoms with Crippen LogP contribution in [0.4, 0.5) is 10.1 Å². The molecule has 0 fully saturated rings. The van der Waals surface area contributed by atoms with Crippen LogP contribution in [0.5, 0.6) is 5.75 Å². The number of nitrogens with zero attached hydrogens (tertiary/aromatic N) is 1. The molecule has 2 aromatic carbocycles. The third kappa shape index (κ3) is 3.63. The molecule has 2 aromatic rings. The molecule has 1 aliphatic heterocycles. The first kappa shape index (κ1) is 17.0. The molecule has 3 rings (SSSR count). The third-order valence-electron chi connectivity index (χ3n) is 3.95. The second-order valence-electron chi connectivity index (χ2n) is 5.79. The summed E-state index contributed by atoms with van der Waals surface area (Å²) in [6.45, 7) is 2.61. The van der Waals surface area contributed by atoms with Gasteiger partial charge >= 0.3 is 0 Å². The van der Waals surface area contributed by atoms with Crippen LogP contribution in [0, 0.1) is 5.82 Å². The summed E-state index contributed by atoms with van der Waals surface area (Å²) in [4.78, 5) is 26.7. The summed E-state index contributed by atoms with van der Waals surface area (Å²) in [5.74, 6) is -0.492. The maximum absolute atomic E-state index is 13.1. The summed E-state index contributed by atoms with van der Waals surface area (Å²) in [5.41, 5.74) is 0.946. The van der Waals surface area contributed by atoms with Crippen LogP contribution >= 0.6 is 0 Å². The van der Waals surface area contributed by atoms with Crippen molar-refractivity contribution in [2.75, 3.05) is 18.0 Å². The molecule has 0 unspecified atom stereocenters. The number of ether oxygens (including phenoxy) is 1. The zero-order chi connectivity index (χ0) is 17.8. The van der Waals surface area contributed by atoms with E-state index in [1.54, 1.807) is 24.3 Å². The predicted octanol–water partition coefficient (Wildman–Crippen LogP) is 2.76. The van der Waals surface area contributed by atoms with Gasteiger partial charge in [0.15, 0.2) is 6.10 Å². The number of carbonyl (C=O) groups is 2. The number of rotatable bonds is 4. The van der Waals surface area contributed by atoms with Crippen molar-refractivity contribution in [1.29, 1.82) is 0 Å². The Hall–Kier alpha value is -2.89. The minimum Gasteiger partial charge on any atom is -0.477 e. The quantitative estimate of drug-likeness (QED) is 0.929. The highest BCUT2D eigenvalue weighted by Crippen LogP contribution is 2.34. The standard InChI is InChI=1S/C19H19FN2O3/c1-2-11-21-18(23)17-12-22(15-5-3-4-6-16(15)25-17)19(24)13-7-9-14(20)10-8-13/h3-10,17H,2,11-12H2,1H3,(H,21,23)/t17-/m1/s1. The van der Waals surface area contributed by atoms with Crippen molar-refractivity contribution in [2.45, 2.75) is 19.4 Å². The van der Waals surface area contributed by atoms with E-state index in [2.05, 4.69) is 5.32 Å². The number of hydrogen-bond donors (Lipinski definition) is 1. The number of anilines is 1. The zero-order valence-electron chi connectivity index (χ0n) is 13.9. The number of amides is 2. The van der Waals surface area contributed by atoms with Crippen LogP contribution < -0.4 is 15.0 Å². The summed E-state index contributed by atoms with van der Waals surface area (Å²) < 4.78 is 18.9. The Balaban J connectivity index is 1.89. The van der Waals surface area contributed by atoms with Gasteiger partial charge in [0.25, 0.3) is 11.8 Å². The Morgan fingerprint density at radius 1 is 1.20 bits per heavy atom. The van der Waals surface area contributed by atoms with E-state index in [0.717, 1.165) is 6.42 Å². The van der Waals surface area contributed by atoms with E-state index in [0.29, 0.717) is 23.5 Å². The fourth-order valence-electron chi connectivity index (χ4n) is 2.67. The normalized spacial score (nSPS) is 15.9. The smallest absolute Gasteiger partial charge is 0.262 e. The van der Waals surface area contributed by atoms with Crippen molar-refractivity contribution >= 4 is 17.5 Å². The van der Waals surface area contributed by atoms with Gasteiger partial charge in [-0.05, 0) is 42.8 Å². The van der Waals surface area contributed by atoms with E-state index < -0.39 is 11.9 Å². The average Bonchev–Trinajstić information content (AvgIpc) is 2.65. The van der Waals surface area contributed by atoms with Crippen LogP contribution in [0.2, 0.25) is 0 Å². The molecule has 0 spiro atoms. The van der Waals surface area contributed by atoms with Gasteiger partial charge in [0.05, 0.1) is 12.2 Å². The van der Waals surface area contributed by atoms with Crippen molar-refractivity contribution in [3.63, 3.8) is 0 Å². The van der Waals surface area contributed by atoms with Crippen molar-refractivity contribution in [2.24, 2.45) is 0 Å². The van der Waals surface area contributed by atoms with Gasteiger partial charge in [-0.3, -0.25) is 9.59 Å². The highest BCUT2D eigenvalue weighted by molar-refractivity contribution is 6.07. The van der Waals surface area contributed by atoms with Gasteiger partial charge in [-0.2, -0.15) is 0 Å². The number of nitrogens with one attached hydrogen (secondary N) is 1. The number of fused-ring (bicyclic) bond motifs is 1. The SMILES string of the molecule is CCCNC(=O)[C@H]1CN(C(=O)c2ccc(F)cc2)c2ccccc2O1. The fraction of sp³-hybridized carbons (Fsp3) is 0.263. The minimum absolute atomic E-state index is 0.1000. The van der Waals surface area contributed by atoms with E-state index in [4.69, 9.17) is 4.74 Å². The summed E-state index contributed by atoms with van der Waals surface area (Å²) in [5, 5.41) is 2.79. The van der Waals surface area contributed by atoms with Crippen molar-refractivity contribution in [3.05, 3.63) is 59.9 Å². The molecule has 25 heavy (non-hydrogen) atoms. The molecule has 0 radical (unpaired) electrons. The van der Waals surface area contributed by atoms with Gasteiger partial charge in [0, 0.05) is 12.1 Å². The van der Waals surface area contributed by atoms with Gasteiger partial charge in [-0.25, -0.2) is 4.39 Å². The molecule has 5 nitrogen and oxygen atoms in total. The highest BCUT2D eigenvalue weighted by Gasteiger charge is 2.33. The van der Waals surface area contributed by atoms with Crippen molar-refractivity contribution < 1.29 is 18.7 Å². The van der Waals surface area contributed by atoms with Crippen molar-refractivity contribution in [3.8, 4) is 5.75 Å². The van der Waals surface area contributed by atoms with E-state index >= 15 is 0 Å². The molecular formula is C19H19FN2O3. The monoisotopic (exact) mass is 342 g/mol. The zero-order valence-corrected chi connectivity index (χ0v) is 13.9. The number of para-hydroxylation sites is 2. The van der Waals surface area contributed by atoms with Gasteiger partial charge < -0.3 is 15.0 Å². The van der Waals surface area contributed by atoms with Crippen LogP contribution in [0.15, 0.2) is 48.5 Å². The molecule has 0 bridgehead atoms. The Bertz CT molecular complexity index is 776. The van der Waals surface area contributed by atoms with E-state index in [-0.39, 0.29) is 18.4 Å². The first-order valence-electron chi connectivity index (χ1n) is 8.21. The topological polar surface area (TPSA) is 58.6 Å². The first-order valence-corrected chi connectivity index (χ1v) is 8.21. The minimum atomic E-state index is -0.786. The molecule has 1 N–H and O–H groups in total. The van der Waals surface area contributed by atoms with Crippen LogP contribution in [0.3, 0.4) is 0 Å². The number of benzene rings is 2. The summed E-state index contributed by atoms with van der Waals surface area (Å²) in [6, 6.07) is 12.4. The Labute approximate surface area is 145 Å². The molecule has 0 aromatic heterocycles. The molecule has 0 saturated carbocycles. The second kappa shape index (κ2) is 7.34. The Morgan fingerprint density at radius 2 is 1.92 bits per heavy atom. The highest BCUT2D eigenvalue weighted by atomic mass is 19.1. The van der Waals surface area contributed by atoms with Crippen LogP contribution in [-0.4, -0.2) is 31.0 Å². The molecule has 0 aliphatic carbocycles. The molecule has 0 saturated heterocycles. The summed E-state index contributed by atoms with van der Waals surface area (Å²) in [7, 11) is 0. The maximum atomic E-state index is 13.1. The van der Waals surface area contributed by atoms with Crippen molar-refractivity contribution in [1.82, 2.24) is 5.32 Å². The maximum Gasteiger partial charge on any atom is 0.262 e. The second-order valence-corrected chi connectivity index (χ2v) is 5.79. The lowest BCUT2D eigenvalue weighted by Crippen LogP contribution is -2.50. The molecule has 130 valence electrons. The average molecular weight is 342 g/mol. The predicted molar refractivity (Wildman–Crippen MR) is 92.2 cm³/mol. The van der Waals surface area contributed by atoms with Crippen LogP contribution in [0.1, 0.15) is 23.7 Å². The lowest BCUT2D eigenvalue weighted by atomic mass is 10.1. The van der Waals surface area contributed by atoms with E-state index in [9.17, 15) is 14.0 Å². The van der Waals surface area contributed by atoms with Crippen LogP contribution in [-0.2, 0) is 4.79 Å². The number of carbonyl (C=O) groups excluding carboxylic acids is 2. The Morgan fingerprint density at radius 3 is 2.64 bits per heavy atom. The first-order chi connectivity index (χ1) is 12.1. The number of hydrogen-bond acceptors (Lipinski definition) is 3. The van der Waals surface area contributed by atoms with Gasteiger partial charge in [-0.15, -0.1) is 0 Å². The fourth-order valence-corrected chi connectivity index (χ4v) is 2.67. The van der Waals surface area contributed by atoms with E-state index in [1.165, 1.54) is 29.2 Å². The molecule has 1 aliphatic rings. The molecule has 1 atom stereocenters. The molecule has 1 heterocycles. The lowest BCUT2D eigenvalue weighted by Gasteiger charge is -2.34. The number of halogens is 1. The molecular weight excluding hydrogens is 323 g/mol. The Kier molecular flexibility index (Phi) is 4.97. The molecule has 2 amide bonds.